The summed E-state index contributed by atoms with van der Waals surface area (Å²) in [6.45, 7) is 4.24. The van der Waals surface area contributed by atoms with Gasteiger partial charge in [0.1, 0.15) is 5.15 Å². The molecule has 0 saturated carbocycles. The van der Waals surface area contributed by atoms with Gasteiger partial charge in [-0.2, -0.15) is 0 Å². The normalized spacial score (nSPS) is 11.0. The van der Waals surface area contributed by atoms with Crippen LogP contribution in [0.4, 0.5) is 0 Å². The molecule has 1 aromatic heterocycles. The van der Waals surface area contributed by atoms with Crippen LogP contribution in [0.5, 0.6) is 11.5 Å². The second-order valence-electron chi connectivity index (χ2n) is 5.11. The molecule has 1 heterocycles. The lowest BCUT2D eigenvalue weighted by Gasteiger charge is -2.10. The quantitative estimate of drug-likeness (QED) is 0.806. The van der Waals surface area contributed by atoms with Gasteiger partial charge in [0, 0.05) is 11.3 Å². The average Bonchev–Trinajstić information content (AvgIpc) is 2.40. The van der Waals surface area contributed by atoms with Gasteiger partial charge in [0.15, 0.2) is 17.3 Å². The molecular formula is C15H16BrClN2O2. The molecule has 112 valence electrons. The number of aromatic nitrogens is 2. The van der Waals surface area contributed by atoms with Crippen LogP contribution in [-0.2, 0) is 6.42 Å². The Hall–Kier alpha value is -1.33. The molecule has 0 aliphatic rings. The predicted octanol–water partition coefficient (Wildman–Crippen LogP) is 4.47. The molecule has 2 rings (SSSR count). The van der Waals surface area contributed by atoms with Gasteiger partial charge in [0.25, 0.3) is 0 Å². The zero-order valence-electron chi connectivity index (χ0n) is 12.0. The van der Waals surface area contributed by atoms with E-state index in [4.69, 9.17) is 16.3 Å². The largest absolute Gasteiger partial charge is 0.503 e. The molecule has 2 aromatic rings. The first-order chi connectivity index (χ1) is 9.90. The zero-order chi connectivity index (χ0) is 15.6. The second-order valence-corrected chi connectivity index (χ2v) is 6.35. The number of halogens is 2. The zero-order valence-corrected chi connectivity index (χ0v) is 14.4. The average molecular weight is 372 g/mol. The summed E-state index contributed by atoms with van der Waals surface area (Å²) in [6.07, 6.45) is 0.825. The van der Waals surface area contributed by atoms with E-state index in [1.807, 2.05) is 0 Å². The minimum absolute atomic E-state index is 0.0469. The Balaban J connectivity index is 2.51. The molecule has 21 heavy (non-hydrogen) atoms. The van der Waals surface area contributed by atoms with Crippen molar-refractivity contribution in [3.63, 3.8) is 0 Å². The molecule has 0 amide bonds. The fourth-order valence-electron chi connectivity index (χ4n) is 1.97. The Morgan fingerprint density at radius 1 is 1.29 bits per heavy atom. The molecule has 1 aromatic carbocycles. The third kappa shape index (κ3) is 3.86. The first kappa shape index (κ1) is 16.0. The number of phenolic OH excluding ortho intramolecular Hbond substituents is 1. The lowest BCUT2D eigenvalue weighted by atomic mass is 10.1. The first-order valence-corrected chi connectivity index (χ1v) is 7.68. The molecule has 0 spiro atoms. The maximum Gasteiger partial charge on any atom is 0.172 e. The van der Waals surface area contributed by atoms with Gasteiger partial charge in [-0.15, -0.1) is 0 Å². The number of hydrogen-bond acceptors (Lipinski definition) is 4. The van der Waals surface area contributed by atoms with E-state index in [0.29, 0.717) is 27.1 Å². The van der Waals surface area contributed by atoms with Gasteiger partial charge in [-0.25, -0.2) is 9.97 Å². The minimum atomic E-state index is 0.0469. The summed E-state index contributed by atoms with van der Waals surface area (Å²) in [7, 11) is 1.49. The Bertz CT molecular complexity index is 662. The number of aromatic hydroxyl groups is 1. The Morgan fingerprint density at radius 3 is 2.62 bits per heavy atom. The third-order valence-corrected chi connectivity index (χ3v) is 3.67. The highest BCUT2D eigenvalue weighted by molar-refractivity contribution is 9.10. The number of rotatable bonds is 4. The van der Waals surface area contributed by atoms with Gasteiger partial charge >= 0.3 is 0 Å². The van der Waals surface area contributed by atoms with E-state index in [1.165, 1.54) is 7.11 Å². The summed E-state index contributed by atoms with van der Waals surface area (Å²) < 4.78 is 5.66. The van der Waals surface area contributed by atoms with E-state index in [1.54, 1.807) is 18.2 Å². The van der Waals surface area contributed by atoms with Crippen molar-refractivity contribution in [1.82, 2.24) is 9.97 Å². The van der Waals surface area contributed by atoms with Crippen LogP contribution in [0.25, 0.3) is 11.4 Å². The summed E-state index contributed by atoms with van der Waals surface area (Å²) in [4.78, 5) is 8.79. The van der Waals surface area contributed by atoms with Crippen LogP contribution >= 0.6 is 27.5 Å². The van der Waals surface area contributed by atoms with Gasteiger partial charge < -0.3 is 9.84 Å². The Labute approximate surface area is 137 Å². The molecule has 0 saturated heterocycles. The Kier molecular flexibility index (Phi) is 5.06. The van der Waals surface area contributed by atoms with Crippen LogP contribution in [0, 0.1) is 5.92 Å². The summed E-state index contributed by atoms with van der Waals surface area (Å²) in [6, 6.07) is 5.20. The molecule has 0 atom stereocenters. The molecule has 0 unspecified atom stereocenters. The number of hydrogen-bond donors (Lipinski definition) is 1. The number of nitrogens with zero attached hydrogens (tertiary/aromatic N) is 2. The third-order valence-electron chi connectivity index (χ3n) is 2.87. The van der Waals surface area contributed by atoms with Crippen molar-refractivity contribution in [2.24, 2.45) is 5.92 Å². The topological polar surface area (TPSA) is 55.2 Å². The smallest absolute Gasteiger partial charge is 0.172 e. The number of ether oxygens (including phenoxy) is 1. The van der Waals surface area contributed by atoms with E-state index in [0.717, 1.165) is 17.7 Å². The van der Waals surface area contributed by atoms with E-state index >= 15 is 0 Å². The van der Waals surface area contributed by atoms with Crippen LogP contribution in [0.2, 0.25) is 5.15 Å². The molecular weight excluding hydrogens is 356 g/mol. The van der Waals surface area contributed by atoms with Gasteiger partial charge in [-0.3, -0.25) is 0 Å². The van der Waals surface area contributed by atoms with Crippen LogP contribution in [-0.4, -0.2) is 22.2 Å². The Morgan fingerprint density at radius 2 is 2.00 bits per heavy atom. The highest BCUT2D eigenvalue weighted by atomic mass is 79.9. The number of phenols is 1. The summed E-state index contributed by atoms with van der Waals surface area (Å²) in [5, 5.41) is 10.3. The predicted molar refractivity (Wildman–Crippen MR) is 86.9 cm³/mol. The second kappa shape index (κ2) is 6.62. The van der Waals surface area contributed by atoms with Crippen molar-refractivity contribution >= 4 is 27.5 Å². The van der Waals surface area contributed by atoms with Gasteiger partial charge in [-0.1, -0.05) is 25.4 Å². The summed E-state index contributed by atoms with van der Waals surface area (Å²) >= 11 is 9.38. The maximum atomic E-state index is 9.86. The van der Waals surface area contributed by atoms with Crippen LogP contribution < -0.4 is 4.74 Å². The van der Waals surface area contributed by atoms with Crippen molar-refractivity contribution < 1.29 is 9.84 Å². The van der Waals surface area contributed by atoms with Crippen molar-refractivity contribution in [2.45, 2.75) is 20.3 Å². The molecule has 0 aliphatic heterocycles. The number of methoxy groups -OCH3 is 1. The maximum absolute atomic E-state index is 9.86. The fraction of sp³-hybridized carbons (Fsp3) is 0.333. The molecule has 0 bridgehead atoms. The highest BCUT2D eigenvalue weighted by Crippen LogP contribution is 2.38. The highest BCUT2D eigenvalue weighted by Gasteiger charge is 2.13. The van der Waals surface area contributed by atoms with Gasteiger partial charge in [0.2, 0.25) is 0 Å². The molecule has 4 nitrogen and oxygen atoms in total. The van der Waals surface area contributed by atoms with Gasteiger partial charge in [-0.05, 0) is 46.5 Å². The van der Waals surface area contributed by atoms with Crippen molar-refractivity contribution in [3.8, 4) is 22.9 Å². The standard InChI is InChI=1S/C15H16BrClN2O2/c1-8(2)4-10-7-13(17)19-15(18-10)9-5-11(16)14(20)12(6-9)21-3/h5-8,20H,4H2,1-3H3. The summed E-state index contributed by atoms with van der Waals surface area (Å²) in [5.74, 6) is 1.39. The monoisotopic (exact) mass is 370 g/mol. The molecule has 0 aliphatic carbocycles. The van der Waals surface area contributed by atoms with Crippen molar-refractivity contribution in [1.29, 1.82) is 0 Å². The van der Waals surface area contributed by atoms with Crippen molar-refractivity contribution in [3.05, 3.63) is 33.5 Å². The van der Waals surface area contributed by atoms with E-state index in [9.17, 15) is 5.11 Å². The molecule has 6 heteroatoms. The molecule has 0 radical (unpaired) electrons. The summed E-state index contributed by atoms with van der Waals surface area (Å²) in [5.41, 5.74) is 1.62. The van der Waals surface area contributed by atoms with E-state index in [-0.39, 0.29) is 5.75 Å². The van der Waals surface area contributed by atoms with E-state index in [2.05, 4.69) is 39.7 Å². The lowest BCUT2D eigenvalue weighted by molar-refractivity contribution is 0.372. The lowest BCUT2D eigenvalue weighted by Crippen LogP contribution is -2.01. The van der Waals surface area contributed by atoms with Gasteiger partial charge in [0.05, 0.1) is 11.6 Å². The SMILES string of the molecule is COc1cc(-c2nc(Cl)cc(CC(C)C)n2)cc(Br)c1O. The first-order valence-electron chi connectivity index (χ1n) is 6.51. The molecule has 0 fully saturated rings. The van der Waals surface area contributed by atoms with Crippen molar-refractivity contribution in [2.75, 3.05) is 7.11 Å². The van der Waals surface area contributed by atoms with Crippen LogP contribution in [0.15, 0.2) is 22.7 Å². The minimum Gasteiger partial charge on any atom is -0.503 e. The fourth-order valence-corrected chi connectivity index (χ4v) is 2.62. The van der Waals surface area contributed by atoms with Crippen LogP contribution in [0.3, 0.4) is 0 Å². The molecule has 1 N–H and O–H groups in total. The van der Waals surface area contributed by atoms with E-state index < -0.39 is 0 Å². The number of benzene rings is 1. The van der Waals surface area contributed by atoms with Crippen LogP contribution in [0.1, 0.15) is 19.5 Å².